The van der Waals surface area contributed by atoms with Gasteiger partial charge in [0.15, 0.2) is 17.7 Å². The average Bonchev–Trinajstić information content (AvgIpc) is 3.30. The lowest BCUT2D eigenvalue weighted by Crippen LogP contribution is -2.37. The zero-order valence-electron chi connectivity index (χ0n) is 18.9. The van der Waals surface area contributed by atoms with Crippen molar-refractivity contribution >= 4 is 33.2 Å². The first-order valence-electron chi connectivity index (χ1n) is 10.4. The van der Waals surface area contributed by atoms with Crippen LogP contribution in [0, 0.1) is 0 Å². The number of ether oxygens (including phenoxy) is 1. The quantitative estimate of drug-likeness (QED) is 0.345. The van der Waals surface area contributed by atoms with E-state index in [4.69, 9.17) is 10.5 Å². The lowest BCUT2D eigenvalue weighted by Gasteiger charge is -2.16. The van der Waals surface area contributed by atoms with Crippen molar-refractivity contribution in [1.82, 2.24) is 29.1 Å². The Balaban J connectivity index is 0.000000479. The van der Waals surface area contributed by atoms with Crippen molar-refractivity contribution in [2.45, 2.75) is 52.2 Å². The molecule has 2 aromatic rings. The summed E-state index contributed by atoms with van der Waals surface area (Å²) in [4.78, 5) is 25.0. The summed E-state index contributed by atoms with van der Waals surface area (Å²) >= 11 is 0. The molecule has 0 bridgehead atoms. The van der Waals surface area contributed by atoms with E-state index in [1.54, 1.807) is 4.72 Å². The highest BCUT2D eigenvalue weighted by molar-refractivity contribution is 7.85. The van der Waals surface area contributed by atoms with Gasteiger partial charge < -0.3 is 25.6 Å². The van der Waals surface area contributed by atoms with Gasteiger partial charge in [0.1, 0.15) is 30.2 Å². The number of nitrogen functional groups attached to an aromatic ring is 1. The summed E-state index contributed by atoms with van der Waals surface area (Å²) in [5.74, 6) is -0.707. The number of fused-ring (bicyclic) bond motifs is 1. The van der Waals surface area contributed by atoms with Crippen LogP contribution < -0.4 is 10.5 Å². The molecule has 33 heavy (non-hydrogen) atoms. The summed E-state index contributed by atoms with van der Waals surface area (Å²) in [7, 11) is -4.35. The third-order valence-electron chi connectivity index (χ3n) is 5.00. The van der Waals surface area contributed by atoms with E-state index < -0.39 is 47.4 Å². The highest BCUT2D eigenvalue weighted by atomic mass is 32.2. The van der Waals surface area contributed by atoms with Crippen molar-refractivity contribution in [2.75, 3.05) is 32.0 Å². The molecule has 1 aliphatic rings. The van der Waals surface area contributed by atoms with Crippen molar-refractivity contribution in [3.05, 3.63) is 12.7 Å². The summed E-state index contributed by atoms with van der Waals surface area (Å²) in [5.41, 5.74) is 6.24. The lowest BCUT2D eigenvalue weighted by molar-refractivity contribution is -0.117. The van der Waals surface area contributed by atoms with Crippen LogP contribution >= 0.6 is 0 Å². The highest BCUT2D eigenvalue weighted by Gasteiger charge is 2.45. The molecule has 4 atom stereocenters. The monoisotopic (exact) mass is 489 g/mol. The van der Waals surface area contributed by atoms with Gasteiger partial charge in [0.2, 0.25) is 5.91 Å². The van der Waals surface area contributed by atoms with Gasteiger partial charge in [0.25, 0.3) is 0 Å². The number of hydrogen-bond donors (Lipinski definition) is 4. The summed E-state index contributed by atoms with van der Waals surface area (Å²) in [6, 6.07) is 0. The Kier molecular flexibility index (Phi) is 9.45. The van der Waals surface area contributed by atoms with Crippen LogP contribution in [0.4, 0.5) is 5.82 Å². The van der Waals surface area contributed by atoms with E-state index in [1.807, 2.05) is 0 Å². The van der Waals surface area contributed by atoms with Crippen molar-refractivity contribution < 1.29 is 32.3 Å². The summed E-state index contributed by atoms with van der Waals surface area (Å²) in [6.45, 7) is 10.5. The number of aliphatic hydroxyl groups excluding tert-OH is 2. The molecule has 186 valence electrons. The van der Waals surface area contributed by atoms with Crippen LogP contribution in [0.25, 0.3) is 11.2 Å². The Hall–Kier alpha value is -2.43. The zero-order valence-corrected chi connectivity index (χ0v) is 19.8. The number of imidazole rings is 1. The maximum absolute atomic E-state index is 11.5. The van der Waals surface area contributed by atoms with Crippen LogP contribution in [0.1, 0.15) is 33.9 Å². The predicted molar refractivity (Wildman–Crippen MR) is 118 cm³/mol. The molecule has 3 rings (SSSR count). The van der Waals surface area contributed by atoms with Crippen molar-refractivity contribution in [1.29, 1.82) is 0 Å². The van der Waals surface area contributed by atoms with E-state index in [1.165, 1.54) is 36.9 Å². The zero-order chi connectivity index (χ0) is 24.8. The van der Waals surface area contributed by atoms with Gasteiger partial charge in [-0.3, -0.25) is 13.5 Å². The number of carbonyl (C=O) groups is 1. The highest BCUT2D eigenvalue weighted by Crippen LogP contribution is 2.32. The van der Waals surface area contributed by atoms with Gasteiger partial charge in [-0.15, -0.1) is 0 Å². The molecule has 0 spiro atoms. The molecule has 0 saturated carbocycles. The van der Waals surface area contributed by atoms with Gasteiger partial charge in [0, 0.05) is 6.92 Å². The Morgan fingerprint density at radius 2 is 1.85 bits per heavy atom. The molecule has 14 nitrogen and oxygen atoms in total. The summed E-state index contributed by atoms with van der Waals surface area (Å²) in [5, 5.41) is 20.3. The second-order valence-electron chi connectivity index (χ2n) is 7.15. The Bertz CT molecular complexity index is 1020. The number of anilines is 1. The topological polar surface area (TPSA) is 195 Å². The minimum atomic E-state index is -4.35. The van der Waals surface area contributed by atoms with Gasteiger partial charge in [-0.25, -0.2) is 19.7 Å². The van der Waals surface area contributed by atoms with Crippen LogP contribution in [0.3, 0.4) is 0 Å². The number of hydrogen-bond acceptors (Lipinski definition) is 12. The fraction of sp³-hybridized carbons (Fsp3) is 0.667. The molecular formula is C18H31N7O7S. The molecule has 0 aromatic carbocycles. The maximum Gasteiger partial charge on any atom is 0.362 e. The molecule has 1 amide bonds. The molecule has 15 heteroatoms. The number of nitrogens with one attached hydrogen (secondary N) is 1. The molecule has 3 heterocycles. The Labute approximate surface area is 192 Å². The summed E-state index contributed by atoms with van der Waals surface area (Å²) < 4.78 is 36.0. The Morgan fingerprint density at radius 1 is 1.21 bits per heavy atom. The van der Waals surface area contributed by atoms with E-state index in [2.05, 4.69) is 44.8 Å². The van der Waals surface area contributed by atoms with E-state index in [0.29, 0.717) is 0 Å². The first-order valence-corrected chi connectivity index (χ1v) is 11.8. The number of aliphatic hydroxyl groups is 2. The molecule has 0 unspecified atom stereocenters. The molecule has 2 aromatic heterocycles. The molecular weight excluding hydrogens is 458 g/mol. The van der Waals surface area contributed by atoms with E-state index in [-0.39, 0.29) is 17.0 Å². The second kappa shape index (κ2) is 11.6. The number of nitrogens with two attached hydrogens (primary N) is 1. The molecule has 5 N–H and O–H groups in total. The number of nitrogens with zero attached hydrogens (tertiary/aromatic N) is 5. The van der Waals surface area contributed by atoms with Gasteiger partial charge >= 0.3 is 10.3 Å². The number of amides is 1. The molecule has 1 aliphatic heterocycles. The smallest absolute Gasteiger partial charge is 0.362 e. The number of carbonyl (C=O) groups excluding carboxylic acids is 1. The first kappa shape index (κ1) is 26.8. The fourth-order valence-electron chi connectivity index (χ4n) is 3.19. The van der Waals surface area contributed by atoms with E-state index >= 15 is 0 Å². The second-order valence-corrected chi connectivity index (χ2v) is 8.49. The Morgan fingerprint density at radius 3 is 2.39 bits per heavy atom. The largest absolute Gasteiger partial charge is 0.387 e. The van der Waals surface area contributed by atoms with Crippen LogP contribution in [0.2, 0.25) is 0 Å². The summed E-state index contributed by atoms with van der Waals surface area (Å²) in [6.07, 6.45) is -2.66. The average molecular weight is 490 g/mol. The van der Waals surface area contributed by atoms with Gasteiger partial charge in [-0.05, 0) is 19.6 Å². The van der Waals surface area contributed by atoms with Gasteiger partial charge in [-0.1, -0.05) is 20.8 Å². The van der Waals surface area contributed by atoms with Crippen molar-refractivity contribution in [3.8, 4) is 0 Å². The maximum atomic E-state index is 11.5. The van der Waals surface area contributed by atoms with Crippen molar-refractivity contribution in [2.24, 2.45) is 0 Å². The van der Waals surface area contributed by atoms with Crippen LogP contribution in [0.15, 0.2) is 12.7 Å². The van der Waals surface area contributed by atoms with E-state index in [9.17, 15) is 23.4 Å². The van der Waals surface area contributed by atoms with Crippen LogP contribution in [-0.4, -0.2) is 93.5 Å². The van der Waals surface area contributed by atoms with Crippen LogP contribution in [0.5, 0.6) is 0 Å². The normalized spacial score (nSPS) is 22.9. The van der Waals surface area contributed by atoms with Crippen molar-refractivity contribution in [3.63, 3.8) is 0 Å². The van der Waals surface area contributed by atoms with Gasteiger partial charge in [0.05, 0.1) is 12.9 Å². The fourth-order valence-corrected chi connectivity index (χ4v) is 3.91. The SMILES string of the molecule is CC(=O)NS(=O)(=O)OC[C@H]1O[C@@H](n2cnc3c(N)ncnc32)[C@H](O)[C@@H]1O.CCN(CC)CC. The molecule has 1 fully saturated rings. The predicted octanol–water partition coefficient (Wildman–Crippen LogP) is -1.23. The lowest BCUT2D eigenvalue weighted by atomic mass is 10.1. The number of rotatable bonds is 8. The first-order chi connectivity index (χ1) is 15.5. The van der Waals surface area contributed by atoms with Gasteiger partial charge in [-0.2, -0.15) is 8.42 Å². The van der Waals surface area contributed by atoms with E-state index in [0.717, 1.165) is 6.92 Å². The molecule has 0 radical (unpaired) electrons. The number of aromatic nitrogens is 4. The third-order valence-corrected chi connectivity index (χ3v) is 5.98. The standard InChI is InChI=1S/C12H16N6O7S.C6H15N/c1-5(19)17-26(22,23)24-2-6-8(20)9(21)12(25-6)18-4-16-7-10(13)14-3-15-11(7)18;1-4-7(5-2)6-3/h3-4,6,8-9,12,20-21H,2H2,1H3,(H,17,19)(H2,13,14,15);4-6H2,1-3H3/t6-,8-,9-,12-;/m1./s1. The third kappa shape index (κ3) is 6.78. The molecule has 0 aliphatic carbocycles. The molecule has 1 saturated heterocycles. The van der Waals surface area contributed by atoms with Crippen LogP contribution in [-0.2, 0) is 24.0 Å². The minimum Gasteiger partial charge on any atom is -0.387 e. The minimum absolute atomic E-state index is 0.128.